The van der Waals surface area contributed by atoms with E-state index in [1.165, 1.54) is 0 Å². The van der Waals surface area contributed by atoms with Gasteiger partial charge < -0.3 is 28.4 Å². The highest BCUT2D eigenvalue weighted by Crippen LogP contribution is 2.27. The second-order valence-electron chi connectivity index (χ2n) is 11.1. The van der Waals surface area contributed by atoms with Crippen LogP contribution in [-0.4, -0.2) is 75.7 Å². The molecule has 2 aromatic heterocycles. The molecule has 0 radical (unpaired) electrons. The Morgan fingerprint density at radius 2 is 1.65 bits per heavy atom. The molecule has 224 valence electrons. The molecule has 0 unspecified atom stereocenters. The smallest absolute Gasteiger partial charge is 0.259 e. The Bertz CT molecular complexity index is 1590. The van der Waals surface area contributed by atoms with Crippen molar-refractivity contribution in [2.45, 2.75) is 46.1 Å². The van der Waals surface area contributed by atoms with Crippen LogP contribution in [0.25, 0.3) is 11.4 Å². The van der Waals surface area contributed by atoms with Gasteiger partial charge in [0.05, 0.1) is 18.8 Å². The summed E-state index contributed by atoms with van der Waals surface area (Å²) in [7, 11) is 0. The van der Waals surface area contributed by atoms with Gasteiger partial charge in [-0.25, -0.2) is 4.98 Å². The number of amides is 2. The van der Waals surface area contributed by atoms with Gasteiger partial charge in [0.15, 0.2) is 0 Å². The normalized spacial score (nSPS) is 16.0. The van der Waals surface area contributed by atoms with Gasteiger partial charge >= 0.3 is 0 Å². The van der Waals surface area contributed by atoms with Crippen molar-refractivity contribution in [3.63, 3.8) is 0 Å². The molecule has 2 aliphatic heterocycles. The maximum Gasteiger partial charge on any atom is 0.259 e. The number of carbonyl (C=O) groups is 2. The molecule has 0 fully saturated rings. The van der Waals surface area contributed by atoms with Gasteiger partial charge in [-0.15, -0.1) is 0 Å². The summed E-state index contributed by atoms with van der Waals surface area (Å²) in [5.41, 5.74) is 3.79. The lowest BCUT2D eigenvalue weighted by Gasteiger charge is -2.25. The fourth-order valence-electron chi connectivity index (χ4n) is 5.86. The summed E-state index contributed by atoms with van der Waals surface area (Å²) in [6.45, 7) is 7.41. The molecule has 2 amide bonds. The van der Waals surface area contributed by atoms with Crippen LogP contribution in [0.1, 0.15) is 57.0 Å². The highest BCUT2D eigenvalue weighted by Gasteiger charge is 2.24. The van der Waals surface area contributed by atoms with Crippen molar-refractivity contribution in [3.8, 4) is 22.9 Å². The number of hydrogen-bond donors (Lipinski definition) is 0. The molecule has 4 heterocycles. The number of hydrogen-bond acceptors (Lipinski definition) is 7. The summed E-state index contributed by atoms with van der Waals surface area (Å²) in [6, 6.07) is 13.6. The van der Waals surface area contributed by atoms with E-state index in [0.717, 1.165) is 54.1 Å². The number of fused-ring (bicyclic) bond motifs is 5. The van der Waals surface area contributed by atoms with E-state index in [-0.39, 0.29) is 11.8 Å². The van der Waals surface area contributed by atoms with Gasteiger partial charge in [-0.3, -0.25) is 9.59 Å². The second-order valence-corrected chi connectivity index (χ2v) is 11.1. The molecule has 0 aliphatic carbocycles. The third kappa shape index (κ3) is 6.28. The molecule has 2 aliphatic rings. The van der Waals surface area contributed by atoms with E-state index in [1.807, 2.05) is 58.5 Å². The molecular weight excluding hydrogens is 546 g/mol. The van der Waals surface area contributed by atoms with Crippen LogP contribution >= 0.6 is 0 Å². The first-order valence-electron chi connectivity index (χ1n) is 15.0. The zero-order valence-corrected chi connectivity index (χ0v) is 24.8. The van der Waals surface area contributed by atoms with Crippen LogP contribution in [0.2, 0.25) is 0 Å². The van der Waals surface area contributed by atoms with Crippen LogP contribution in [0.3, 0.4) is 0 Å². The third-order valence-corrected chi connectivity index (χ3v) is 8.13. The number of carbonyl (C=O) groups excluding carboxylic acids is 2. The first-order valence-corrected chi connectivity index (χ1v) is 15.0. The Labute approximate surface area is 251 Å². The molecule has 43 heavy (non-hydrogen) atoms. The SMILES string of the molecule is Cc1noc(C)c1C(=O)N1CCCCN(C(=O)c2ccc3c(c2)CCO3)CCOc2cccc(c2)-c2nccn2CCC1. The van der Waals surface area contributed by atoms with E-state index >= 15 is 0 Å². The largest absolute Gasteiger partial charge is 0.493 e. The Morgan fingerprint density at radius 1 is 0.837 bits per heavy atom. The predicted molar refractivity (Wildman–Crippen MR) is 160 cm³/mol. The fraction of sp³-hybridized carbons (Fsp3) is 0.394. The van der Waals surface area contributed by atoms with Gasteiger partial charge in [-0.05, 0) is 69.0 Å². The van der Waals surface area contributed by atoms with Gasteiger partial charge in [0.25, 0.3) is 11.8 Å². The standard InChI is InChI=1S/C33H37N5O5/c1-23-30(24(2)43-35-23)33(40)37-13-3-4-14-38(32(39)27-9-10-29-25(21-27)11-19-42-29)18-20-41-28-8-5-7-26(22-28)31-34-12-17-36(31)15-6-16-37/h5,7-10,12,17,21-22H,3-4,6,11,13-16,18-20H2,1-2H3. The topological polar surface area (TPSA) is 103 Å². The molecule has 0 spiro atoms. The molecule has 10 heteroatoms. The molecule has 0 N–H and O–H groups in total. The van der Waals surface area contributed by atoms with E-state index in [2.05, 4.69) is 14.7 Å². The lowest BCUT2D eigenvalue weighted by molar-refractivity contribution is 0.0703. The molecule has 10 nitrogen and oxygen atoms in total. The summed E-state index contributed by atoms with van der Waals surface area (Å²) in [4.78, 5) is 35.7. The summed E-state index contributed by atoms with van der Waals surface area (Å²) in [5, 5.41) is 4.00. The minimum Gasteiger partial charge on any atom is -0.493 e. The molecule has 6 rings (SSSR count). The van der Waals surface area contributed by atoms with Gasteiger partial charge in [0.1, 0.15) is 35.3 Å². The minimum atomic E-state index is -0.0746. The quantitative estimate of drug-likeness (QED) is 0.329. The van der Waals surface area contributed by atoms with Crippen LogP contribution < -0.4 is 9.47 Å². The first kappa shape index (κ1) is 28.5. The zero-order valence-electron chi connectivity index (χ0n) is 24.8. The van der Waals surface area contributed by atoms with Crippen molar-refractivity contribution < 1.29 is 23.6 Å². The first-order chi connectivity index (χ1) is 21.0. The van der Waals surface area contributed by atoms with E-state index in [4.69, 9.17) is 14.0 Å². The molecule has 0 saturated heterocycles. The van der Waals surface area contributed by atoms with Crippen molar-refractivity contribution >= 4 is 11.8 Å². The summed E-state index contributed by atoms with van der Waals surface area (Å²) in [5.74, 6) is 2.85. The molecular formula is C33H37N5O5. The molecule has 2 bridgehead atoms. The average molecular weight is 584 g/mol. The van der Waals surface area contributed by atoms with Crippen molar-refractivity contribution in [2.75, 3.05) is 39.4 Å². The van der Waals surface area contributed by atoms with Crippen LogP contribution in [-0.2, 0) is 13.0 Å². The average Bonchev–Trinajstić information content (AvgIpc) is 3.76. The van der Waals surface area contributed by atoms with Crippen molar-refractivity contribution in [2.24, 2.45) is 0 Å². The fourth-order valence-corrected chi connectivity index (χ4v) is 5.86. The summed E-state index contributed by atoms with van der Waals surface area (Å²) in [6.07, 6.45) is 6.81. The van der Waals surface area contributed by atoms with E-state index in [1.54, 1.807) is 20.0 Å². The maximum atomic E-state index is 13.7. The number of benzene rings is 2. The van der Waals surface area contributed by atoms with E-state index in [0.29, 0.717) is 68.5 Å². The second kappa shape index (κ2) is 12.7. The summed E-state index contributed by atoms with van der Waals surface area (Å²) < 4.78 is 19.2. The van der Waals surface area contributed by atoms with Crippen molar-refractivity contribution in [1.29, 1.82) is 0 Å². The lowest BCUT2D eigenvalue weighted by Crippen LogP contribution is -2.37. The highest BCUT2D eigenvalue weighted by molar-refractivity contribution is 5.96. The summed E-state index contributed by atoms with van der Waals surface area (Å²) >= 11 is 0. The van der Waals surface area contributed by atoms with Crippen molar-refractivity contribution in [3.05, 3.63) is 83.0 Å². The Kier molecular flexibility index (Phi) is 8.44. The molecule has 2 aromatic carbocycles. The van der Waals surface area contributed by atoms with Crippen LogP contribution in [0.15, 0.2) is 59.4 Å². The number of aryl methyl sites for hydroxylation is 3. The number of nitrogens with zero attached hydrogens (tertiary/aromatic N) is 5. The Morgan fingerprint density at radius 3 is 2.47 bits per heavy atom. The third-order valence-electron chi connectivity index (χ3n) is 8.13. The van der Waals surface area contributed by atoms with Gasteiger partial charge in [-0.2, -0.15) is 0 Å². The van der Waals surface area contributed by atoms with Crippen LogP contribution in [0.4, 0.5) is 0 Å². The van der Waals surface area contributed by atoms with Gasteiger partial charge in [0, 0.05) is 56.1 Å². The predicted octanol–water partition coefficient (Wildman–Crippen LogP) is 4.94. The van der Waals surface area contributed by atoms with Crippen LogP contribution in [0.5, 0.6) is 11.5 Å². The van der Waals surface area contributed by atoms with Crippen molar-refractivity contribution in [1.82, 2.24) is 24.5 Å². The van der Waals surface area contributed by atoms with Gasteiger partial charge in [0.2, 0.25) is 0 Å². The lowest BCUT2D eigenvalue weighted by atomic mass is 10.1. The van der Waals surface area contributed by atoms with E-state index in [9.17, 15) is 9.59 Å². The monoisotopic (exact) mass is 583 g/mol. The van der Waals surface area contributed by atoms with E-state index < -0.39 is 0 Å². The zero-order chi connectivity index (χ0) is 29.8. The van der Waals surface area contributed by atoms with Crippen LogP contribution in [0, 0.1) is 13.8 Å². The molecule has 0 atom stereocenters. The van der Waals surface area contributed by atoms with Gasteiger partial charge in [-0.1, -0.05) is 17.3 Å². The number of aromatic nitrogens is 3. The maximum absolute atomic E-state index is 13.7. The molecule has 0 saturated carbocycles. The number of ether oxygens (including phenoxy) is 2. The Balaban J connectivity index is 1.25. The number of imidazole rings is 1. The minimum absolute atomic E-state index is 0.0318. The molecule has 4 aromatic rings. The highest BCUT2D eigenvalue weighted by atomic mass is 16.5. The Hall–Kier alpha value is -4.60. The number of rotatable bonds is 2.